The van der Waals surface area contributed by atoms with E-state index in [1.165, 1.54) is 11.1 Å². The van der Waals surface area contributed by atoms with Crippen molar-refractivity contribution in [3.8, 4) is 0 Å². The molecule has 1 aliphatic rings. The maximum absolute atomic E-state index is 6.11. The van der Waals surface area contributed by atoms with Gasteiger partial charge < -0.3 is 9.47 Å². The zero-order valence-corrected chi connectivity index (χ0v) is 16.0. The molecule has 3 rings (SSSR count). The standard InChI is InChI=1S/C22H28ClNO2/c23-12-7-13-24(17-20-10-5-2-6-11-20)21(22-18-25-14-15-26-22)16-19-8-3-1-4-9-19/h1-6,8-11,21-22H,7,12-18H2. The first kappa shape index (κ1) is 19.4. The molecule has 0 spiro atoms. The van der Waals surface area contributed by atoms with Gasteiger partial charge in [-0.1, -0.05) is 60.7 Å². The Morgan fingerprint density at radius 2 is 1.65 bits per heavy atom. The lowest BCUT2D eigenvalue weighted by atomic mass is 9.98. The molecule has 1 aliphatic heterocycles. The van der Waals surface area contributed by atoms with E-state index in [-0.39, 0.29) is 12.1 Å². The molecule has 0 saturated carbocycles. The monoisotopic (exact) mass is 373 g/mol. The lowest BCUT2D eigenvalue weighted by Crippen LogP contribution is -2.50. The van der Waals surface area contributed by atoms with Gasteiger partial charge >= 0.3 is 0 Å². The highest BCUT2D eigenvalue weighted by Crippen LogP contribution is 2.20. The van der Waals surface area contributed by atoms with E-state index in [9.17, 15) is 0 Å². The van der Waals surface area contributed by atoms with Gasteiger partial charge in [-0.3, -0.25) is 4.90 Å². The first-order chi connectivity index (χ1) is 12.9. The molecule has 26 heavy (non-hydrogen) atoms. The third kappa shape index (κ3) is 5.82. The Labute approximate surface area is 161 Å². The molecule has 4 heteroatoms. The molecular weight excluding hydrogens is 346 g/mol. The van der Waals surface area contributed by atoms with Crippen LogP contribution < -0.4 is 0 Å². The summed E-state index contributed by atoms with van der Waals surface area (Å²) in [6.07, 6.45) is 2.00. The lowest BCUT2D eigenvalue weighted by Gasteiger charge is -2.38. The molecule has 0 bridgehead atoms. The topological polar surface area (TPSA) is 21.7 Å². The lowest BCUT2D eigenvalue weighted by molar-refractivity contribution is -0.120. The molecule has 3 nitrogen and oxygen atoms in total. The summed E-state index contributed by atoms with van der Waals surface area (Å²) < 4.78 is 11.8. The van der Waals surface area contributed by atoms with Crippen LogP contribution in [-0.4, -0.2) is 49.3 Å². The summed E-state index contributed by atoms with van der Waals surface area (Å²) in [4.78, 5) is 2.52. The van der Waals surface area contributed by atoms with Crippen LogP contribution in [0.5, 0.6) is 0 Å². The maximum Gasteiger partial charge on any atom is 0.0967 e. The van der Waals surface area contributed by atoms with Gasteiger partial charge in [0.2, 0.25) is 0 Å². The Bertz CT molecular complexity index is 617. The van der Waals surface area contributed by atoms with Crippen molar-refractivity contribution < 1.29 is 9.47 Å². The molecule has 2 aromatic rings. The van der Waals surface area contributed by atoms with Crippen LogP contribution in [0.3, 0.4) is 0 Å². The van der Waals surface area contributed by atoms with Crippen LogP contribution in [0.2, 0.25) is 0 Å². The number of nitrogens with zero attached hydrogens (tertiary/aromatic N) is 1. The second-order valence-electron chi connectivity index (χ2n) is 6.74. The Hall–Kier alpha value is -1.39. The van der Waals surface area contributed by atoms with E-state index in [1.54, 1.807) is 0 Å². The van der Waals surface area contributed by atoms with Crippen molar-refractivity contribution in [3.05, 3.63) is 71.8 Å². The fraction of sp³-hybridized carbons (Fsp3) is 0.455. The zero-order valence-electron chi connectivity index (χ0n) is 15.2. The van der Waals surface area contributed by atoms with Crippen LogP contribution in [-0.2, 0) is 22.4 Å². The van der Waals surface area contributed by atoms with E-state index in [0.717, 1.165) is 25.9 Å². The van der Waals surface area contributed by atoms with Crippen LogP contribution in [0, 0.1) is 0 Å². The molecule has 0 N–H and O–H groups in total. The van der Waals surface area contributed by atoms with Crippen molar-refractivity contribution in [2.75, 3.05) is 32.2 Å². The molecule has 1 fully saturated rings. The van der Waals surface area contributed by atoms with Crippen molar-refractivity contribution in [2.24, 2.45) is 0 Å². The molecule has 2 unspecified atom stereocenters. The third-order valence-electron chi connectivity index (χ3n) is 4.84. The van der Waals surface area contributed by atoms with Crippen molar-refractivity contribution in [1.82, 2.24) is 4.90 Å². The average molecular weight is 374 g/mol. The number of hydrogen-bond donors (Lipinski definition) is 0. The van der Waals surface area contributed by atoms with Crippen LogP contribution in [0.25, 0.3) is 0 Å². The first-order valence-electron chi connectivity index (χ1n) is 9.44. The molecular formula is C22H28ClNO2. The average Bonchev–Trinajstić information content (AvgIpc) is 2.72. The third-order valence-corrected chi connectivity index (χ3v) is 5.10. The number of hydrogen-bond acceptors (Lipinski definition) is 3. The summed E-state index contributed by atoms with van der Waals surface area (Å²) in [5.74, 6) is 0.672. The fourth-order valence-corrected chi connectivity index (χ4v) is 3.64. The van der Waals surface area contributed by atoms with Gasteiger partial charge in [0.1, 0.15) is 0 Å². The second-order valence-corrected chi connectivity index (χ2v) is 7.12. The predicted molar refractivity (Wildman–Crippen MR) is 107 cm³/mol. The summed E-state index contributed by atoms with van der Waals surface area (Å²) in [6.45, 7) is 3.87. The largest absolute Gasteiger partial charge is 0.376 e. The van der Waals surface area contributed by atoms with Crippen molar-refractivity contribution >= 4 is 11.6 Å². The molecule has 1 heterocycles. The van der Waals surface area contributed by atoms with Crippen LogP contribution in [0.1, 0.15) is 17.5 Å². The highest BCUT2D eigenvalue weighted by Gasteiger charge is 2.30. The van der Waals surface area contributed by atoms with E-state index >= 15 is 0 Å². The molecule has 2 aromatic carbocycles. The van der Waals surface area contributed by atoms with E-state index in [1.807, 2.05) is 0 Å². The van der Waals surface area contributed by atoms with E-state index in [2.05, 4.69) is 65.6 Å². The first-order valence-corrected chi connectivity index (χ1v) is 9.97. The SMILES string of the molecule is ClCCCN(Cc1ccccc1)C(Cc1ccccc1)C1COCCO1. The predicted octanol–water partition coefficient (Wildman–Crippen LogP) is 4.14. The zero-order chi connectivity index (χ0) is 18.0. The van der Waals surface area contributed by atoms with Gasteiger partial charge in [0, 0.05) is 25.0 Å². The maximum atomic E-state index is 6.11. The molecule has 0 amide bonds. The molecule has 140 valence electrons. The van der Waals surface area contributed by atoms with Gasteiger partial charge in [-0.15, -0.1) is 11.6 Å². The Kier molecular flexibility index (Phi) is 7.96. The second kappa shape index (κ2) is 10.7. The fourth-order valence-electron chi connectivity index (χ4n) is 3.52. The molecule has 2 atom stereocenters. The minimum atomic E-state index is 0.0861. The van der Waals surface area contributed by atoms with E-state index < -0.39 is 0 Å². The van der Waals surface area contributed by atoms with Crippen LogP contribution in [0.4, 0.5) is 0 Å². The minimum Gasteiger partial charge on any atom is -0.376 e. The Morgan fingerprint density at radius 1 is 0.962 bits per heavy atom. The highest BCUT2D eigenvalue weighted by atomic mass is 35.5. The number of ether oxygens (including phenoxy) is 2. The summed E-state index contributed by atoms with van der Waals surface area (Å²) in [6, 6.07) is 21.6. The Morgan fingerprint density at radius 3 is 2.27 bits per heavy atom. The van der Waals surface area contributed by atoms with Gasteiger partial charge in [-0.25, -0.2) is 0 Å². The van der Waals surface area contributed by atoms with Crippen molar-refractivity contribution in [2.45, 2.75) is 31.5 Å². The molecule has 0 aromatic heterocycles. The van der Waals surface area contributed by atoms with Crippen molar-refractivity contribution in [1.29, 1.82) is 0 Å². The summed E-state index contributed by atoms with van der Waals surface area (Å²) in [7, 11) is 0. The number of rotatable bonds is 9. The smallest absolute Gasteiger partial charge is 0.0967 e. The van der Waals surface area contributed by atoms with Gasteiger partial charge in [0.05, 0.1) is 25.9 Å². The number of alkyl halides is 1. The summed E-state index contributed by atoms with van der Waals surface area (Å²) in [5, 5.41) is 0. The van der Waals surface area contributed by atoms with E-state index in [4.69, 9.17) is 21.1 Å². The summed E-state index contributed by atoms with van der Waals surface area (Å²) >= 11 is 6.02. The normalized spacial score (nSPS) is 18.8. The van der Waals surface area contributed by atoms with Crippen molar-refractivity contribution in [3.63, 3.8) is 0 Å². The molecule has 1 saturated heterocycles. The van der Waals surface area contributed by atoms with Gasteiger partial charge in [0.25, 0.3) is 0 Å². The van der Waals surface area contributed by atoms with Gasteiger partial charge in [0.15, 0.2) is 0 Å². The summed E-state index contributed by atoms with van der Waals surface area (Å²) in [5.41, 5.74) is 2.65. The molecule has 0 radical (unpaired) electrons. The van der Waals surface area contributed by atoms with Crippen LogP contribution in [0.15, 0.2) is 60.7 Å². The van der Waals surface area contributed by atoms with Crippen LogP contribution >= 0.6 is 11.6 Å². The van der Waals surface area contributed by atoms with Gasteiger partial charge in [-0.2, -0.15) is 0 Å². The minimum absolute atomic E-state index is 0.0861. The number of halogens is 1. The highest BCUT2D eigenvalue weighted by molar-refractivity contribution is 6.17. The number of benzene rings is 2. The van der Waals surface area contributed by atoms with Gasteiger partial charge in [-0.05, 0) is 24.0 Å². The van der Waals surface area contributed by atoms with E-state index in [0.29, 0.717) is 25.7 Å². The Balaban J connectivity index is 1.80. The quantitative estimate of drug-likeness (QED) is 0.616. The molecule has 0 aliphatic carbocycles.